The summed E-state index contributed by atoms with van der Waals surface area (Å²) in [5, 5.41) is 22.5. The van der Waals surface area contributed by atoms with Crippen molar-refractivity contribution in [1.29, 1.82) is 0 Å². The largest absolute Gasteiger partial charge is 0.465 e. The van der Waals surface area contributed by atoms with Crippen LogP contribution in [0.2, 0.25) is 0 Å². The van der Waals surface area contributed by atoms with E-state index in [1.807, 2.05) is 0 Å². The quantitative estimate of drug-likeness (QED) is 0.162. The molecule has 1 unspecified atom stereocenters. The zero-order valence-electron chi connectivity index (χ0n) is 21.4. The van der Waals surface area contributed by atoms with E-state index in [-0.39, 0.29) is 23.3 Å². The van der Waals surface area contributed by atoms with Crippen LogP contribution >= 0.6 is 11.3 Å². The van der Waals surface area contributed by atoms with Crippen LogP contribution in [0.5, 0.6) is 11.5 Å². The predicted octanol–water partition coefficient (Wildman–Crippen LogP) is 5.78. The number of methoxy groups -OCH3 is 2. The lowest BCUT2D eigenvalue weighted by Crippen LogP contribution is -2.60. The molecule has 1 atom stereocenters. The van der Waals surface area contributed by atoms with Gasteiger partial charge in [0.2, 0.25) is 0 Å². The monoisotopic (exact) mass is 577 g/mol. The number of fused-ring (bicyclic) bond motifs is 2. The maximum atomic E-state index is 13.3. The first-order valence-electron chi connectivity index (χ1n) is 12.0. The number of carbonyl (C=O) groups is 1. The molecule has 1 amide bonds. The van der Waals surface area contributed by atoms with E-state index in [4.69, 9.17) is 14.2 Å². The number of carboxylic acid groups (broad SMARTS) is 1. The standard InChI is InChI=1S/C28H26F3NO7S/c1-37-25(38-2)27(15-33,32-26(35)36)11-10-16-6-9-22-21(12-16)24(34)20-8-7-19(14-23(20)40-22)39-18-5-3-4-17(13-18)28(29,30)31/h3-9,12-14,25,32-33H,10-11,15H2,1-2H3,(H,35,36). The molecule has 3 aromatic carbocycles. The maximum absolute atomic E-state index is 13.3. The molecule has 0 aliphatic rings. The Morgan fingerprint density at radius 3 is 2.35 bits per heavy atom. The van der Waals surface area contributed by atoms with Gasteiger partial charge >= 0.3 is 12.3 Å². The summed E-state index contributed by atoms with van der Waals surface area (Å²) in [6, 6.07) is 14.5. The van der Waals surface area contributed by atoms with Gasteiger partial charge in [0.15, 0.2) is 11.7 Å². The van der Waals surface area contributed by atoms with Gasteiger partial charge in [-0.1, -0.05) is 12.1 Å². The summed E-state index contributed by atoms with van der Waals surface area (Å²) >= 11 is 1.32. The Kier molecular flexibility index (Phi) is 8.64. The first-order valence-corrected chi connectivity index (χ1v) is 12.8. The fourth-order valence-corrected chi connectivity index (χ4v) is 5.61. The normalized spacial score (nSPS) is 13.5. The molecular formula is C28H26F3NO7S. The third kappa shape index (κ3) is 6.20. The van der Waals surface area contributed by atoms with Gasteiger partial charge in [-0.2, -0.15) is 13.2 Å². The van der Waals surface area contributed by atoms with Gasteiger partial charge in [0.1, 0.15) is 17.0 Å². The Morgan fingerprint density at radius 1 is 0.975 bits per heavy atom. The van der Waals surface area contributed by atoms with Crippen molar-refractivity contribution in [3.63, 3.8) is 0 Å². The number of ether oxygens (including phenoxy) is 3. The number of nitrogens with one attached hydrogen (secondary N) is 1. The number of aliphatic hydroxyl groups excluding tert-OH is 1. The van der Waals surface area contributed by atoms with Crippen LogP contribution in [0.1, 0.15) is 17.5 Å². The van der Waals surface area contributed by atoms with E-state index < -0.39 is 36.3 Å². The van der Waals surface area contributed by atoms with E-state index in [1.54, 1.807) is 30.3 Å². The van der Waals surface area contributed by atoms with Gasteiger partial charge in [-0.25, -0.2) is 4.79 Å². The minimum Gasteiger partial charge on any atom is -0.465 e. The number of halogens is 3. The van der Waals surface area contributed by atoms with Crippen molar-refractivity contribution in [3.05, 3.63) is 82.0 Å². The summed E-state index contributed by atoms with van der Waals surface area (Å²) in [5.41, 5.74) is -1.77. The molecule has 0 aliphatic carbocycles. The molecule has 4 aromatic rings. The highest BCUT2D eigenvalue weighted by molar-refractivity contribution is 7.24. The molecule has 0 radical (unpaired) electrons. The number of hydrogen-bond donors (Lipinski definition) is 3. The molecule has 1 heterocycles. The van der Waals surface area contributed by atoms with Crippen LogP contribution in [0, 0.1) is 0 Å². The topological polar surface area (TPSA) is 114 Å². The Hall–Kier alpha value is -3.71. The van der Waals surface area contributed by atoms with Crippen LogP contribution in [0.3, 0.4) is 0 Å². The van der Waals surface area contributed by atoms with Gasteiger partial charge in [-0.05, 0) is 66.9 Å². The number of aryl methyl sites for hydroxylation is 1. The SMILES string of the molecule is COC(OC)C(CO)(CCc1ccc2sc3cc(Oc4cccc(C(F)(F)F)c4)ccc3c(=O)c2c1)NC(=O)O. The first kappa shape index (κ1) is 29.3. The smallest absolute Gasteiger partial charge is 0.416 e. The Labute approximate surface area is 230 Å². The lowest BCUT2D eigenvalue weighted by molar-refractivity contribution is -0.165. The van der Waals surface area contributed by atoms with Crippen molar-refractivity contribution in [2.24, 2.45) is 0 Å². The Balaban J connectivity index is 1.63. The molecule has 0 fully saturated rings. The van der Waals surface area contributed by atoms with Gasteiger partial charge in [0, 0.05) is 34.4 Å². The second-order valence-corrected chi connectivity index (χ2v) is 10.2. The van der Waals surface area contributed by atoms with Crippen molar-refractivity contribution in [3.8, 4) is 11.5 Å². The van der Waals surface area contributed by atoms with Crippen molar-refractivity contribution in [2.45, 2.75) is 30.8 Å². The van der Waals surface area contributed by atoms with Gasteiger partial charge in [-0.15, -0.1) is 11.3 Å². The van der Waals surface area contributed by atoms with E-state index in [0.29, 0.717) is 26.6 Å². The Morgan fingerprint density at radius 2 is 1.70 bits per heavy atom. The van der Waals surface area contributed by atoms with E-state index in [9.17, 15) is 33.0 Å². The predicted molar refractivity (Wildman–Crippen MR) is 144 cm³/mol. The highest BCUT2D eigenvalue weighted by Crippen LogP contribution is 2.34. The van der Waals surface area contributed by atoms with Gasteiger partial charge in [-0.3, -0.25) is 4.79 Å². The van der Waals surface area contributed by atoms with E-state index >= 15 is 0 Å². The van der Waals surface area contributed by atoms with Crippen LogP contribution in [-0.2, 0) is 22.1 Å². The molecule has 0 bridgehead atoms. The van der Waals surface area contributed by atoms with Crippen molar-refractivity contribution in [2.75, 3.05) is 20.8 Å². The van der Waals surface area contributed by atoms with Crippen LogP contribution in [0.15, 0.2) is 65.5 Å². The summed E-state index contributed by atoms with van der Waals surface area (Å²) < 4.78 is 56.5. The number of amides is 1. The van der Waals surface area contributed by atoms with Crippen LogP contribution in [-0.4, -0.2) is 49.0 Å². The number of benzene rings is 3. The average molecular weight is 578 g/mol. The summed E-state index contributed by atoms with van der Waals surface area (Å²) in [6.45, 7) is -0.580. The summed E-state index contributed by atoms with van der Waals surface area (Å²) in [7, 11) is 2.68. The second-order valence-electron chi connectivity index (χ2n) is 9.10. The molecule has 8 nitrogen and oxygen atoms in total. The van der Waals surface area contributed by atoms with Crippen molar-refractivity contribution < 1.29 is 42.4 Å². The zero-order chi connectivity index (χ0) is 29.1. The third-order valence-electron chi connectivity index (χ3n) is 6.48. The van der Waals surface area contributed by atoms with Gasteiger partial charge in [0.25, 0.3) is 0 Å². The highest BCUT2D eigenvalue weighted by atomic mass is 32.1. The molecule has 212 valence electrons. The molecule has 0 saturated carbocycles. The number of rotatable bonds is 10. The molecule has 0 aliphatic heterocycles. The molecular weight excluding hydrogens is 551 g/mol. The minimum absolute atomic E-state index is 0.0208. The van der Waals surface area contributed by atoms with E-state index in [0.717, 1.165) is 17.7 Å². The van der Waals surface area contributed by atoms with E-state index in [1.165, 1.54) is 43.8 Å². The lowest BCUT2D eigenvalue weighted by atomic mass is 9.90. The number of aliphatic hydroxyl groups is 1. The first-order chi connectivity index (χ1) is 19.0. The van der Waals surface area contributed by atoms with E-state index in [2.05, 4.69) is 5.32 Å². The Bertz CT molecular complexity index is 1590. The molecule has 40 heavy (non-hydrogen) atoms. The molecule has 3 N–H and O–H groups in total. The fourth-order valence-electron chi connectivity index (χ4n) is 4.53. The van der Waals surface area contributed by atoms with Crippen LogP contribution in [0.4, 0.5) is 18.0 Å². The second kappa shape index (κ2) is 11.8. The minimum atomic E-state index is -4.50. The van der Waals surface area contributed by atoms with Crippen molar-refractivity contribution >= 4 is 37.6 Å². The van der Waals surface area contributed by atoms with Gasteiger partial charge in [0.05, 0.1) is 12.2 Å². The zero-order valence-corrected chi connectivity index (χ0v) is 22.3. The van der Waals surface area contributed by atoms with Crippen LogP contribution in [0.25, 0.3) is 20.2 Å². The van der Waals surface area contributed by atoms with Crippen molar-refractivity contribution in [1.82, 2.24) is 5.32 Å². The molecule has 12 heteroatoms. The summed E-state index contributed by atoms with van der Waals surface area (Å²) in [5.74, 6) is 0.308. The molecule has 0 spiro atoms. The maximum Gasteiger partial charge on any atom is 0.416 e. The number of hydrogen-bond acceptors (Lipinski definition) is 7. The summed E-state index contributed by atoms with van der Waals surface area (Å²) in [6.07, 6.45) is -6.48. The third-order valence-corrected chi connectivity index (χ3v) is 7.61. The number of alkyl halides is 3. The molecule has 0 saturated heterocycles. The summed E-state index contributed by atoms with van der Waals surface area (Å²) in [4.78, 5) is 24.8. The molecule has 4 rings (SSSR count). The highest BCUT2D eigenvalue weighted by Gasteiger charge is 2.40. The average Bonchev–Trinajstić information content (AvgIpc) is 2.92. The van der Waals surface area contributed by atoms with Crippen LogP contribution < -0.4 is 15.5 Å². The lowest BCUT2D eigenvalue weighted by Gasteiger charge is -2.37. The fraction of sp³-hybridized carbons (Fsp3) is 0.286. The molecule has 1 aromatic heterocycles. The van der Waals surface area contributed by atoms with Gasteiger partial charge < -0.3 is 29.7 Å².